The summed E-state index contributed by atoms with van der Waals surface area (Å²) in [4.78, 5) is 16.7. The van der Waals surface area contributed by atoms with Crippen molar-refractivity contribution < 1.29 is 4.74 Å². The Hall–Kier alpha value is -2.03. The summed E-state index contributed by atoms with van der Waals surface area (Å²) in [7, 11) is 0. The summed E-state index contributed by atoms with van der Waals surface area (Å²) in [5, 5.41) is 6.68. The van der Waals surface area contributed by atoms with Gasteiger partial charge in [-0.15, -0.1) is 24.0 Å². The van der Waals surface area contributed by atoms with Crippen LogP contribution in [0.2, 0.25) is 0 Å². The molecular weight excluding hydrogens is 503 g/mol. The summed E-state index contributed by atoms with van der Waals surface area (Å²) < 4.78 is 7.89. The molecule has 0 fully saturated rings. The topological polar surface area (TPSA) is 67.7 Å². The van der Waals surface area contributed by atoms with Gasteiger partial charge in [0.25, 0.3) is 5.56 Å². The number of ether oxygens (including phenoxy) is 1. The number of unbranched alkanes of at least 4 members (excludes halogenated alkanes) is 1. The molecule has 0 atom stereocenters. The molecule has 2 N–H and O–H groups in total. The molecule has 31 heavy (non-hydrogen) atoms. The van der Waals surface area contributed by atoms with Gasteiger partial charge < -0.3 is 19.9 Å². The zero-order valence-corrected chi connectivity index (χ0v) is 21.7. The molecule has 0 aliphatic heterocycles. The lowest BCUT2D eigenvalue weighted by molar-refractivity contribution is 0.129. The Labute approximate surface area is 203 Å². The van der Waals surface area contributed by atoms with Crippen molar-refractivity contribution in [3.8, 4) is 5.75 Å². The maximum atomic E-state index is 11.9. The largest absolute Gasteiger partial charge is 0.488 e. The third-order valence-corrected chi connectivity index (χ3v) is 4.51. The van der Waals surface area contributed by atoms with Gasteiger partial charge >= 0.3 is 0 Å². The van der Waals surface area contributed by atoms with Crippen LogP contribution in [0.25, 0.3) is 0 Å². The lowest BCUT2D eigenvalue weighted by atomic mass is 10.1. The number of hydrogen-bond acceptors (Lipinski definition) is 3. The molecule has 0 aliphatic rings. The van der Waals surface area contributed by atoms with Crippen molar-refractivity contribution >= 4 is 29.9 Å². The van der Waals surface area contributed by atoms with Gasteiger partial charge in [0, 0.05) is 37.0 Å². The molecule has 0 aliphatic carbocycles. The number of nitrogens with one attached hydrogen (secondary N) is 2. The number of aryl methyl sites for hydroxylation is 1. The van der Waals surface area contributed by atoms with Crippen LogP contribution in [0.1, 0.15) is 51.8 Å². The number of guanidine groups is 1. The fourth-order valence-corrected chi connectivity index (χ4v) is 3.08. The molecule has 6 nitrogen and oxygen atoms in total. The fourth-order valence-electron chi connectivity index (χ4n) is 3.08. The molecule has 2 aromatic rings. The van der Waals surface area contributed by atoms with Gasteiger partial charge in [-0.2, -0.15) is 0 Å². The van der Waals surface area contributed by atoms with Gasteiger partial charge in [-0.25, -0.2) is 4.99 Å². The molecule has 7 heteroatoms. The second-order valence-corrected chi connectivity index (χ2v) is 8.31. The van der Waals surface area contributed by atoms with Gasteiger partial charge in [0.1, 0.15) is 11.4 Å². The van der Waals surface area contributed by atoms with E-state index in [2.05, 4.69) is 17.6 Å². The van der Waals surface area contributed by atoms with Gasteiger partial charge in [-0.05, 0) is 59.6 Å². The minimum atomic E-state index is -0.248. The Bertz CT molecular complexity index is 888. The van der Waals surface area contributed by atoms with E-state index in [-0.39, 0.29) is 35.1 Å². The van der Waals surface area contributed by atoms with Crippen LogP contribution in [0.5, 0.6) is 5.75 Å². The number of aromatic nitrogens is 1. The van der Waals surface area contributed by atoms with E-state index in [9.17, 15) is 4.79 Å². The third-order valence-electron chi connectivity index (χ3n) is 4.51. The molecule has 172 valence electrons. The van der Waals surface area contributed by atoms with Crippen LogP contribution in [0.4, 0.5) is 0 Å². The zero-order chi connectivity index (χ0) is 22.0. The monoisotopic (exact) mass is 540 g/mol. The summed E-state index contributed by atoms with van der Waals surface area (Å²) in [6.45, 7) is 13.0. The van der Waals surface area contributed by atoms with Crippen LogP contribution in [0.15, 0.2) is 52.3 Å². The third kappa shape index (κ3) is 9.76. The van der Waals surface area contributed by atoms with Crippen molar-refractivity contribution in [1.82, 2.24) is 15.2 Å². The molecule has 0 saturated carbocycles. The summed E-state index contributed by atoms with van der Waals surface area (Å²) in [5.41, 5.74) is 1.88. The average Bonchev–Trinajstić information content (AvgIpc) is 2.67. The lowest BCUT2D eigenvalue weighted by Gasteiger charge is -2.23. The van der Waals surface area contributed by atoms with E-state index in [1.165, 1.54) is 0 Å². The molecule has 2 rings (SSSR count). The highest BCUT2D eigenvalue weighted by Crippen LogP contribution is 2.23. The predicted octanol–water partition coefficient (Wildman–Crippen LogP) is 4.49. The van der Waals surface area contributed by atoms with E-state index in [1.807, 2.05) is 62.6 Å². The standard InChI is InChI=1S/C24H36N4O2.HI/c1-6-25-23(26-16-9-10-17-28-19(2)12-11-15-22(28)29)27-18-20-13-7-8-14-21(20)30-24(3,4)5;/h7-8,11-15H,6,9-10,16-18H2,1-5H3,(H2,25,26,27);1H. The quantitative estimate of drug-likeness (QED) is 0.213. The Morgan fingerprint density at radius 2 is 1.81 bits per heavy atom. The summed E-state index contributed by atoms with van der Waals surface area (Å²) in [6, 6.07) is 13.4. The normalized spacial score (nSPS) is 11.6. The van der Waals surface area contributed by atoms with Crippen LogP contribution in [0.3, 0.4) is 0 Å². The van der Waals surface area contributed by atoms with Crippen LogP contribution in [0, 0.1) is 6.92 Å². The molecule has 0 unspecified atom stereocenters. The van der Waals surface area contributed by atoms with Gasteiger partial charge in [-0.1, -0.05) is 24.3 Å². The number of hydrogen-bond donors (Lipinski definition) is 2. The summed E-state index contributed by atoms with van der Waals surface area (Å²) >= 11 is 0. The molecule has 1 aromatic carbocycles. The van der Waals surface area contributed by atoms with Crippen LogP contribution < -0.4 is 20.9 Å². The molecule has 0 radical (unpaired) electrons. The maximum Gasteiger partial charge on any atom is 0.250 e. The number of halogens is 1. The smallest absolute Gasteiger partial charge is 0.250 e. The lowest BCUT2D eigenvalue weighted by Crippen LogP contribution is -2.37. The predicted molar refractivity (Wildman–Crippen MR) is 140 cm³/mol. The molecule has 0 saturated heterocycles. The first-order chi connectivity index (χ1) is 14.3. The van der Waals surface area contributed by atoms with Gasteiger partial charge in [0.2, 0.25) is 0 Å². The molecule has 1 heterocycles. The van der Waals surface area contributed by atoms with E-state index in [1.54, 1.807) is 12.1 Å². The highest BCUT2D eigenvalue weighted by Gasteiger charge is 2.14. The van der Waals surface area contributed by atoms with Gasteiger partial charge in [-0.3, -0.25) is 4.79 Å². The first-order valence-electron chi connectivity index (χ1n) is 10.8. The molecular formula is C24H37IN4O2. The highest BCUT2D eigenvalue weighted by atomic mass is 127. The number of rotatable bonds is 9. The van der Waals surface area contributed by atoms with E-state index >= 15 is 0 Å². The van der Waals surface area contributed by atoms with Crippen molar-refractivity contribution in [3.05, 3.63) is 64.1 Å². The number of benzene rings is 1. The van der Waals surface area contributed by atoms with Crippen LogP contribution >= 0.6 is 24.0 Å². The highest BCUT2D eigenvalue weighted by molar-refractivity contribution is 14.0. The Balaban J connectivity index is 0.00000480. The summed E-state index contributed by atoms with van der Waals surface area (Å²) in [5.74, 6) is 1.66. The fraction of sp³-hybridized carbons (Fsp3) is 0.500. The molecule has 0 spiro atoms. The number of aliphatic imine (C=N–C) groups is 1. The maximum absolute atomic E-state index is 11.9. The first-order valence-corrected chi connectivity index (χ1v) is 10.8. The van der Waals surface area contributed by atoms with Crippen molar-refractivity contribution in [2.75, 3.05) is 13.1 Å². The minimum absolute atomic E-state index is 0. The molecule has 1 aromatic heterocycles. The number of pyridine rings is 1. The second kappa shape index (κ2) is 13.4. The van der Waals surface area contributed by atoms with Crippen molar-refractivity contribution in [2.45, 2.75) is 66.2 Å². The van der Waals surface area contributed by atoms with E-state index < -0.39 is 0 Å². The Morgan fingerprint density at radius 1 is 1.06 bits per heavy atom. The molecule has 0 bridgehead atoms. The minimum Gasteiger partial charge on any atom is -0.488 e. The van der Waals surface area contributed by atoms with Crippen LogP contribution in [-0.2, 0) is 13.1 Å². The van der Waals surface area contributed by atoms with Crippen molar-refractivity contribution in [1.29, 1.82) is 0 Å². The zero-order valence-electron chi connectivity index (χ0n) is 19.4. The van der Waals surface area contributed by atoms with E-state index in [0.29, 0.717) is 6.54 Å². The van der Waals surface area contributed by atoms with Crippen molar-refractivity contribution in [3.63, 3.8) is 0 Å². The average molecular weight is 540 g/mol. The Kier molecular flexibility index (Phi) is 11.7. The van der Waals surface area contributed by atoms with Crippen LogP contribution in [-0.4, -0.2) is 29.2 Å². The SMILES string of the molecule is CCNC(=NCc1ccccc1OC(C)(C)C)NCCCCn1c(C)cccc1=O.I. The van der Waals surface area contributed by atoms with Crippen molar-refractivity contribution in [2.24, 2.45) is 4.99 Å². The summed E-state index contributed by atoms with van der Waals surface area (Å²) in [6.07, 6.45) is 1.88. The first kappa shape index (κ1) is 27.0. The number of para-hydroxylation sites is 1. The second-order valence-electron chi connectivity index (χ2n) is 8.31. The van der Waals surface area contributed by atoms with E-state index in [4.69, 9.17) is 9.73 Å². The van der Waals surface area contributed by atoms with E-state index in [0.717, 1.165) is 55.4 Å². The van der Waals surface area contributed by atoms with Gasteiger partial charge in [0.15, 0.2) is 5.96 Å². The molecule has 0 amide bonds. The van der Waals surface area contributed by atoms with Gasteiger partial charge in [0.05, 0.1) is 6.54 Å². The number of nitrogens with zero attached hydrogens (tertiary/aromatic N) is 2. The Morgan fingerprint density at radius 3 is 2.48 bits per heavy atom.